The normalized spacial score (nSPS) is 13.5. The Morgan fingerprint density at radius 3 is 1.50 bits per heavy atom. The first-order chi connectivity index (χ1) is 5.39. The van der Waals surface area contributed by atoms with E-state index in [-0.39, 0.29) is 0 Å². The second kappa shape index (κ2) is 4.55. The van der Waals surface area contributed by atoms with Crippen molar-refractivity contribution in [1.29, 1.82) is 0 Å². The summed E-state index contributed by atoms with van der Waals surface area (Å²) in [7, 11) is 0.747. The van der Waals surface area contributed by atoms with Gasteiger partial charge >= 0.3 is 8.56 Å². The van der Waals surface area contributed by atoms with Crippen LogP contribution >= 0.6 is 0 Å². The van der Waals surface area contributed by atoms with E-state index in [0.717, 1.165) is 6.04 Å². The summed E-state index contributed by atoms with van der Waals surface area (Å²) in [5.74, 6) is 0. The largest absolute Gasteiger partial charge is 0.398 e. The van der Waals surface area contributed by atoms with Gasteiger partial charge in [-0.25, -0.2) is 0 Å². The Bertz CT molecular complexity index is 119. The van der Waals surface area contributed by atoms with Crippen molar-refractivity contribution in [2.75, 3.05) is 14.2 Å². The number of rotatable bonds is 5. The van der Waals surface area contributed by atoms with Gasteiger partial charge in [0.1, 0.15) is 0 Å². The van der Waals surface area contributed by atoms with Gasteiger partial charge in [0.2, 0.25) is 0 Å². The van der Waals surface area contributed by atoms with E-state index in [1.807, 2.05) is 0 Å². The first-order valence-electron chi connectivity index (χ1n) is 4.49. The first-order valence-corrected chi connectivity index (χ1v) is 10.4. The van der Waals surface area contributed by atoms with Gasteiger partial charge in [0.15, 0.2) is 0 Å². The fraction of sp³-hybridized carbons (Fsp3) is 1.00. The second-order valence-electron chi connectivity index (χ2n) is 4.41. The molecule has 0 rings (SSSR count). The zero-order valence-corrected chi connectivity index (χ0v) is 11.2. The molecule has 0 radical (unpaired) electrons. The fourth-order valence-corrected chi connectivity index (χ4v) is 10.8. The van der Waals surface area contributed by atoms with Crippen LogP contribution in [0, 0.1) is 0 Å². The molecule has 0 atom stereocenters. The van der Waals surface area contributed by atoms with Crippen LogP contribution in [-0.2, 0) is 8.85 Å². The minimum absolute atomic E-state index is 1.04. The summed E-state index contributed by atoms with van der Waals surface area (Å²) in [6.07, 6.45) is 0. The summed E-state index contributed by atoms with van der Waals surface area (Å²) in [5.41, 5.74) is 1.20. The number of hydrogen-bond acceptors (Lipinski definition) is 2. The third-order valence-electron chi connectivity index (χ3n) is 2.08. The van der Waals surface area contributed by atoms with E-state index in [1.54, 1.807) is 14.2 Å². The average molecular weight is 206 g/mol. The van der Waals surface area contributed by atoms with E-state index < -0.39 is 16.6 Å². The Hall–Kier alpha value is 0.354. The van der Waals surface area contributed by atoms with Gasteiger partial charge in [-0.1, -0.05) is 26.6 Å². The molecule has 0 amide bonds. The summed E-state index contributed by atoms with van der Waals surface area (Å²) in [4.78, 5) is 0. The molecular formula is C8H22O2Si2. The van der Waals surface area contributed by atoms with E-state index in [0.29, 0.717) is 0 Å². The van der Waals surface area contributed by atoms with E-state index in [1.165, 1.54) is 5.67 Å². The molecule has 4 heteroatoms. The predicted octanol–water partition coefficient (Wildman–Crippen LogP) is 2.62. The maximum Gasteiger partial charge on any atom is 0.334 e. The zero-order chi connectivity index (χ0) is 9.83. The third kappa shape index (κ3) is 3.84. The minimum atomic E-state index is -1.79. The highest BCUT2D eigenvalue weighted by Crippen LogP contribution is 2.23. The third-order valence-corrected chi connectivity index (χ3v) is 11.0. The molecule has 0 aromatic carbocycles. The second-order valence-corrected chi connectivity index (χ2v) is 14.3. The van der Waals surface area contributed by atoms with Crippen molar-refractivity contribution in [3.05, 3.63) is 0 Å². The van der Waals surface area contributed by atoms with Crippen molar-refractivity contribution in [2.45, 2.75) is 38.3 Å². The first kappa shape index (κ1) is 12.4. The quantitative estimate of drug-likeness (QED) is 0.644. The van der Waals surface area contributed by atoms with Crippen molar-refractivity contribution in [1.82, 2.24) is 0 Å². The molecule has 0 saturated heterocycles. The van der Waals surface area contributed by atoms with Gasteiger partial charge in [0.25, 0.3) is 0 Å². The van der Waals surface area contributed by atoms with Gasteiger partial charge in [0, 0.05) is 22.3 Å². The van der Waals surface area contributed by atoms with Crippen LogP contribution in [0.4, 0.5) is 0 Å². The molecule has 12 heavy (non-hydrogen) atoms. The minimum Gasteiger partial charge on any atom is -0.398 e. The lowest BCUT2D eigenvalue weighted by Gasteiger charge is -2.31. The lowest BCUT2D eigenvalue weighted by atomic mass is 11.0. The lowest BCUT2D eigenvalue weighted by molar-refractivity contribution is 0.248. The van der Waals surface area contributed by atoms with Crippen molar-refractivity contribution >= 4 is 16.6 Å². The van der Waals surface area contributed by atoms with Gasteiger partial charge in [-0.05, 0) is 11.7 Å². The standard InChI is InChI=1S/C8H22O2Si2/c1-7-12(9-2,10-3)8-11(4,5)6/h7-8H2,1-6H3. The number of hydrogen-bond donors (Lipinski definition) is 0. The Morgan fingerprint density at radius 1 is 1.00 bits per heavy atom. The molecule has 0 aromatic rings. The van der Waals surface area contributed by atoms with Crippen molar-refractivity contribution in [2.24, 2.45) is 0 Å². The molecule has 0 aromatic heterocycles. The maximum atomic E-state index is 5.56. The molecule has 0 heterocycles. The Balaban J connectivity index is 4.30. The molecule has 0 unspecified atom stereocenters. The molecule has 0 saturated carbocycles. The highest BCUT2D eigenvalue weighted by atomic mass is 28.4. The van der Waals surface area contributed by atoms with Crippen LogP contribution in [-0.4, -0.2) is 30.9 Å². The molecule has 74 valence electrons. The van der Waals surface area contributed by atoms with Crippen LogP contribution < -0.4 is 0 Å². The van der Waals surface area contributed by atoms with E-state index in [2.05, 4.69) is 26.6 Å². The molecule has 0 N–H and O–H groups in total. The fourth-order valence-electron chi connectivity index (χ4n) is 1.45. The van der Waals surface area contributed by atoms with Crippen molar-refractivity contribution in [3.63, 3.8) is 0 Å². The highest BCUT2D eigenvalue weighted by Gasteiger charge is 2.38. The Labute approximate surface area is 78.5 Å². The maximum absolute atomic E-state index is 5.56. The SMILES string of the molecule is CC[Si](C[Si](C)(C)C)(OC)OC. The van der Waals surface area contributed by atoms with Crippen LogP contribution in [0.2, 0.25) is 31.4 Å². The summed E-state index contributed by atoms with van der Waals surface area (Å²) >= 11 is 0. The van der Waals surface area contributed by atoms with Gasteiger partial charge in [-0.2, -0.15) is 0 Å². The van der Waals surface area contributed by atoms with Crippen molar-refractivity contribution < 1.29 is 8.85 Å². The Kier molecular flexibility index (Phi) is 4.69. The summed E-state index contributed by atoms with van der Waals surface area (Å²) < 4.78 is 11.1. The average Bonchev–Trinajstić information content (AvgIpc) is 1.99. The van der Waals surface area contributed by atoms with E-state index in [4.69, 9.17) is 8.85 Å². The van der Waals surface area contributed by atoms with Gasteiger partial charge in [-0.3, -0.25) is 0 Å². The van der Waals surface area contributed by atoms with Gasteiger partial charge in [-0.15, -0.1) is 0 Å². The highest BCUT2D eigenvalue weighted by molar-refractivity contribution is 6.90. The Morgan fingerprint density at radius 2 is 1.42 bits per heavy atom. The van der Waals surface area contributed by atoms with Crippen LogP contribution in [0.25, 0.3) is 0 Å². The predicted molar refractivity (Wildman–Crippen MR) is 58.4 cm³/mol. The van der Waals surface area contributed by atoms with Crippen LogP contribution in [0.1, 0.15) is 6.92 Å². The van der Waals surface area contributed by atoms with Gasteiger partial charge < -0.3 is 8.85 Å². The van der Waals surface area contributed by atoms with Crippen LogP contribution in [0.5, 0.6) is 0 Å². The summed E-state index contributed by atoms with van der Waals surface area (Å²) in [6.45, 7) is 9.26. The molecule has 0 spiro atoms. The summed E-state index contributed by atoms with van der Waals surface area (Å²) in [5, 5.41) is 0. The van der Waals surface area contributed by atoms with E-state index in [9.17, 15) is 0 Å². The van der Waals surface area contributed by atoms with Crippen LogP contribution in [0.15, 0.2) is 0 Å². The smallest absolute Gasteiger partial charge is 0.334 e. The van der Waals surface area contributed by atoms with Gasteiger partial charge in [0.05, 0.1) is 0 Å². The lowest BCUT2D eigenvalue weighted by Crippen LogP contribution is -2.46. The molecule has 0 bridgehead atoms. The van der Waals surface area contributed by atoms with E-state index >= 15 is 0 Å². The molecule has 0 fully saturated rings. The molecular weight excluding hydrogens is 184 g/mol. The molecule has 0 aliphatic carbocycles. The molecule has 2 nitrogen and oxygen atoms in total. The molecule has 0 aliphatic rings. The summed E-state index contributed by atoms with van der Waals surface area (Å²) in [6, 6.07) is 1.06. The zero-order valence-electron chi connectivity index (χ0n) is 9.23. The molecule has 0 aliphatic heterocycles. The topological polar surface area (TPSA) is 18.5 Å². The van der Waals surface area contributed by atoms with Crippen molar-refractivity contribution in [3.8, 4) is 0 Å². The van der Waals surface area contributed by atoms with Crippen LogP contribution in [0.3, 0.4) is 0 Å². The monoisotopic (exact) mass is 206 g/mol.